The van der Waals surface area contributed by atoms with Crippen molar-refractivity contribution in [2.45, 2.75) is 13.5 Å². The summed E-state index contributed by atoms with van der Waals surface area (Å²) < 4.78 is 1.73. The number of hydrogen-bond acceptors (Lipinski definition) is 8. The van der Waals surface area contributed by atoms with Gasteiger partial charge in [-0.25, -0.2) is 4.98 Å². The Morgan fingerprint density at radius 2 is 1.94 bits per heavy atom. The minimum Gasteiger partial charge on any atom is -0.423 e. The van der Waals surface area contributed by atoms with Crippen LogP contribution in [0.15, 0.2) is 48.7 Å². The van der Waals surface area contributed by atoms with E-state index in [0.29, 0.717) is 35.2 Å². The van der Waals surface area contributed by atoms with E-state index in [4.69, 9.17) is 10.7 Å². The summed E-state index contributed by atoms with van der Waals surface area (Å²) in [6, 6.07) is 12.3. The summed E-state index contributed by atoms with van der Waals surface area (Å²) in [6.45, 7) is 2.30. The number of primary amides is 1. The maximum atomic E-state index is 11.8. The summed E-state index contributed by atoms with van der Waals surface area (Å²) in [6.07, 6.45) is 1.83. The van der Waals surface area contributed by atoms with Crippen molar-refractivity contribution in [3.05, 3.63) is 65.5 Å². The van der Waals surface area contributed by atoms with Crippen LogP contribution in [0, 0.1) is 6.92 Å². The first-order valence-corrected chi connectivity index (χ1v) is 10.3. The lowest BCUT2D eigenvalue weighted by molar-refractivity contribution is 0.0994. The number of pyridine rings is 1. The average molecular weight is 445 g/mol. The molecule has 0 aliphatic rings. The van der Waals surface area contributed by atoms with Crippen molar-refractivity contribution in [3.63, 3.8) is 0 Å². The summed E-state index contributed by atoms with van der Waals surface area (Å²) in [5.74, 6) is 0.951. The Hall–Kier alpha value is -3.96. The van der Waals surface area contributed by atoms with Gasteiger partial charge in [0.25, 0.3) is 5.91 Å². The molecule has 3 aromatic heterocycles. The number of carbonyl (C=O) groups is 1. The number of fused-ring (bicyclic) bond motifs is 1. The smallest absolute Gasteiger partial charge is 0.423 e. The van der Waals surface area contributed by atoms with Crippen LogP contribution in [0.1, 0.15) is 21.6 Å². The number of nitrogens with zero attached hydrogens (tertiary/aromatic N) is 5. The van der Waals surface area contributed by atoms with E-state index in [9.17, 15) is 14.8 Å². The fourth-order valence-corrected chi connectivity index (χ4v) is 3.71. The van der Waals surface area contributed by atoms with E-state index in [1.54, 1.807) is 39.6 Å². The molecule has 0 radical (unpaired) electrons. The van der Waals surface area contributed by atoms with E-state index < -0.39 is 13.0 Å². The lowest BCUT2D eigenvalue weighted by Gasteiger charge is -2.16. The van der Waals surface area contributed by atoms with Crippen molar-refractivity contribution in [2.75, 3.05) is 24.3 Å². The van der Waals surface area contributed by atoms with Gasteiger partial charge in [0, 0.05) is 32.4 Å². The fraction of sp³-hybridized carbons (Fsp3) is 0.182. The first kappa shape index (κ1) is 22.2. The lowest BCUT2D eigenvalue weighted by Crippen LogP contribution is -2.30. The highest BCUT2D eigenvalue weighted by Crippen LogP contribution is 2.30. The predicted octanol–water partition coefficient (Wildman–Crippen LogP) is 0.557. The summed E-state index contributed by atoms with van der Waals surface area (Å²) in [4.78, 5) is 18.4. The molecule has 1 aromatic carbocycles. The van der Waals surface area contributed by atoms with Crippen LogP contribution in [-0.4, -0.2) is 56.8 Å². The number of anilines is 2. The molecule has 0 aliphatic carbocycles. The SMILES string of the molecule is Cc1cn2c(C(N)=O)cccc2c1-c1nnc(N(C)C)c(NCc2cccc(B(O)O)c2)n1. The Balaban J connectivity index is 1.74. The lowest BCUT2D eigenvalue weighted by atomic mass is 9.80. The predicted molar refractivity (Wildman–Crippen MR) is 127 cm³/mol. The minimum absolute atomic E-state index is 0.365. The number of amides is 1. The van der Waals surface area contributed by atoms with Gasteiger partial charge in [0.05, 0.1) is 5.52 Å². The molecule has 10 nitrogen and oxygen atoms in total. The number of nitrogens with two attached hydrogens (primary N) is 1. The van der Waals surface area contributed by atoms with Crippen LogP contribution < -0.4 is 21.4 Å². The largest absolute Gasteiger partial charge is 0.488 e. The first-order valence-electron chi connectivity index (χ1n) is 10.3. The van der Waals surface area contributed by atoms with Gasteiger partial charge in [0.1, 0.15) is 5.69 Å². The van der Waals surface area contributed by atoms with Crippen LogP contribution in [0.4, 0.5) is 11.6 Å². The van der Waals surface area contributed by atoms with E-state index in [1.807, 2.05) is 39.3 Å². The van der Waals surface area contributed by atoms with Crippen molar-refractivity contribution in [2.24, 2.45) is 5.73 Å². The van der Waals surface area contributed by atoms with Gasteiger partial charge in [-0.2, -0.15) is 0 Å². The zero-order chi connectivity index (χ0) is 23.7. The van der Waals surface area contributed by atoms with E-state index in [-0.39, 0.29) is 0 Å². The summed E-state index contributed by atoms with van der Waals surface area (Å²) in [5.41, 5.74) is 9.53. The molecule has 4 aromatic rings. The van der Waals surface area contributed by atoms with Crippen molar-refractivity contribution in [3.8, 4) is 11.4 Å². The molecule has 0 spiro atoms. The average Bonchev–Trinajstić information content (AvgIpc) is 3.13. The van der Waals surface area contributed by atoms with Gasteiger partial charge < -0.3 is 30.4 Å². The van der Waals surface area contributed by atoms with Gasteiger partial charge in [-0.1, -0.05) is 30.3 Å². The number of nitrogens with one attached hydrogen (secondary N) is 1. The van der Waals surface area contributed by atoms with Gasteiger partial charge in [-0.15, -0.1) is 10.2 Å². The molecule has 0 unspecified atom stereocenters. The van der Waals surface area contributed by atoms with Gasteiger partial charge in [0.15, 0.2) is 17.5 Å². The van der Waals surface area contributed by atoms with Crippen molar-refractivity contribution < 1.29 is 14.8 Å². The highest BCUT2D eigenvalue weighted by molar-refractivity contribution is 6.58. The highest BCUT2D eigenvalue weighted by Gasteiger charge is 2.19. The third kappa shape index (κ3) is 4.36. The first-order chi connectivity index (χ1) is 15.8. The Morgan fingerprint density at radius 3 is 2.64 bits per heavy atom. The normalized spacial score (nSPS) is 10.9. The maximum absolute atomic E-state index is 11.8. The van der Waals surface area contributed by atoms with Crippen LogP contribution in [-0.2, 0) is 6.54 Å². The van der Waals surface area contributed by atoms with E-state index in [1.165, 1.54) is 0 Å². The second kappa shape index (κ2) is 8.89. The van der Waals surface area contributed by atoms with Crippen LogP contribution in [0.3, 0.4) is 0 Å². The molecule has 1 amide bonds. The number of aromatic nitrogens is 4. The third-order valence-electron chi connectivity index (χ3n) is 5.28. The molecule has 0 bridgehead atoms. The van der Waals surface area contributed by atoms with Gasteiger partial charge in [0.2, 0.25) is 0 Å². The Labute approximate surface area is 190 Å². The molecule has 4 rings (SSSR count). The molecule has 168 valence electrons. The van der Waals surface area contributed by atoms with E-state index >= 15 is 0 Å². The molecule has 5 N–H and O–H groups in total. The summed E-state index contributed by atoms with van der Waals surface area (Å²) in [7, 11) is 2.15. The second-order valence-corrected chi connectivity index (χ2v) is 7.89. The minimum atomic E-state index is -1.54. The number of carbonyl (C=O) groups excluding carboxylic acids is 1. The number of aryl methyl sites for hydroxylation is 1. The Kier molecular flexibility index (Phi) is 5.99. The Morgan fingerprint density at radius 1 is 1.18 bits per heavy atom. The van der Waals surface area contributed by atoms with E-state index in [0.717, 1.165) is 22.2 Å². The highest BCUT2D eigenvalue weighted by atomic mass is 16.4. The van der Waals surface area contributed by atoms with Gasteiger partial charge in [-0.05, 0) is 35.6 Å². The molecule has 33 heavy (non-hydrogen) atoms. The second-order valence-electron chi connectivity index (χ2n) is 7.89. The van der Waals surface area contributed by atoms with Crippen LogP contribution in [0.5, 0.6) is 0 Å². The van der Waals surface area contributed by atoms with Crippen molar-refractivity contribution in [1.29, 1.82) is 0 Å². The molecule has 0 fully saturated rings. The molecule has 3 heterocycles. The monoisotopic (exact) mass is 445 g/mol. The van der Waals surface area contributed by atoms with Crippen LogP contribution in [0.25, 0.3) is 16.9 Å². The van der Waals surface area contributed by atoms with Crippen LogP contribution in [0.2, 0.25) is 0 Å². The fourth-order valence-electron chi connectivity index (χ4n) is 3.71. The number of rotatable bonds is 7. The van der Waals surface area contributed by atoms with E-state index in [2.05, 4.69) is 15.5 Å². The molecular formula is C22H24BN7O3. The van der Waals surface area contributed by atoms with Gasteiger partial charge >= 0.3 is 7.12 Å². The standard InChI is InChI=1S/C22H24BN7O3/c1-13-12-30-16(8-5-9-17(30)19(24)31)18(13)20-26-21(22(28-27-20)29(2)3)25-11-14-6-4-7-15(10-14)23(32)33/h4-10,12,32-33H,11H2,1-3H3,(H2,24,31)(H,25,26,27). The van der Waals surface area contributed by atoms with Crippen molar-refractivity contribution >= 4 is 35.6 Å². The molecule has 0 saturated heterocycles. The molecular weight excluding hydrogens is 421 g/mol. The summed E-state index contributed by atoms with van der Waals surface area (Å²) in [5, 5.41) is 30.8. The maximum Gasteiger partial charge on any atom is 0.488 e. The van der Waals surface area contributed by atoms with Crippen LogP contribution >= 0.6 is 0 Å². The molecule has 0 aliphatic heterocycles. The Bertz CT molecular complexity index is 1340. The quantitative estimate of drug-likeness (QED) is 0.302. The number of hydrogen-bond donors (Lipinski definition) is 4. The zero-order valence-electron chi connectivity index (χ0n) is 18.5. The zero-order valence-corrected chi connectivity index (χ0v) is 18.5. The molecule has 0 saturated carbocycles. The van der Waals surface area contributed by atoms with Crippen molar-refractivity contribution in [1.82, 2.24) is 19.6 Å². The molecule has 11 heteroatoms. The summed E-state index contributed by atoms with van der Waals surface area (Å²) >= 11 is 0. The topological polar surface area (TPSA) is 142 Å². The number of benzene rings is 1. The van der Waals surface area contributed by atoms with Gasteiger partial charge in [-0.3, -0.25) is 4.79 Å². The molecule has 0 atom stereocenters. The third-order valence-corrected chi connectivity index (χ3v) is 5.28.